The Morgan fingerprint density at radius 1 is 1.13 bits per heavy atom. The van der Waals surface area contributed by atoms with Crippen LogP contribution in [0.4, 0.5) is 5.69 Å². The molecule has 1 aromatic rings. The number of aromatic nitrogens is 1. The molecule has 4 saturated carbocycles. The summed E-state index contributed by atoms with van der Waals surface area (Å²) in [5.41, 5.74) is 3.14. The molecule has 0 aromatic carbocycles. The number of hydrogen-bond donors (Lipinski definition) is 2. The molecule has 4 bridgehead atoms. The summed E-state index contributed by atoms with van der Waals surface area (Å²) in [7, 11) is 0. The van der Waals surface area contributed by atoms with Gasteiger partial charge in [0.2, 0.25) is 0 Å². The van der Waals surface area contributed by atoms with Crippen LogP contribution in [-0.2, 0) is 6.42 Å². The standard InChI is InChI=1S/C19H22N2O2/c22-19(23)15-9-20-16-3-1-2-14(16)18(15)21-17-12-5-10-4-11(7-12)8-13(17)6-10/h1-2,9-13,17H,3-8H2,(H,20,21)(H,22,23). The molecular weight excluding hydrogens is 288 g/mol. The highest BCUT2D eigenvalue weighted by molar-refractivity contribution is 5.97. The number of allylic oxidation sites excluding steroid dienone is 1. The average molecular weight is 310 g/mol. The molecule has 0 atom stereocenters. The van der Waals surface area contributed by atoms with Crippen LogP contribution in [-0.4, -0.2) is 22.1 Å². The van der Waals surface area contributed by atoms with Crippen molar-refractivity contribution in [1.82, 2.24) is 4.98 Å². The van der Waals surface area contributed by atoms with Gasteiger partial charge in [-0.05, 0) is 55.8 Å². The van der Waals surface area contributed by atoms with Gasteiger partial charge in [-0.3, -0.25) is 4.98 Å². The van der Waals surface area contributed by atoms with Gasteiger partial charge in [-0.25, -0.2) is 4.79 Å². The average Bonchev–Trinajstić information content (AvgIpc) is 2.98. The van der Waals surface area contributed by atoms with E-state index in [4.69, 9.17) is 0 Å². The first-order chi connectivity index (χ1) is 11.2. The summed E-state index contributed by atoms with van der Waals surface area (Å²) in [6, 6.07) is 0.446. The van der Waals surface area contributed by atoms with Gasteiger partial charge in [0.05, 0.1) is 11.4 Å². The minimum atomic E-state index is -0.882. The zero-order valence-corrected chi connectivity index (χ0v) is 13.2. The Kier molecular flexibility index (Phi) is 2.85. The molecule has 0 spiro atoms. The van der Waals surface area contributed by atoms with Crippen LogP contribution in [0.1, 0.15) is 53.7 Å². The van der Waals surface area contributed by atoms with Crippen molar-refractivity contribution < 1.29 is 9.90 Å². The topological polar surface area (TPSA) is 62.2 Å². The van der Waals surface area contributed by atoms with Crippen LogP contribution in [0.15, 0.2) is 12.3 Å². The minimum absolute atomic E-state index is 0.323. The molecule has 2 N–H and O–H groups in total. The van der Waals surface area contributed by atoms with Crippen LogP contribution in [0.2, 0.25) is 0 Å². The number of fused-ring (bicyclic) bond motifs is 1. The van der Waals surface area contributed by atoms with Gasteiger partial charge in [0.1, 0.15) is 5.56 Å². The van der Waals surface area contributed by atoms with Crippen molar-refractivity contribution in [2.24, 2.45) is 23.7 Å². The molecule has 4 fully saturated rings. The molecule has 1 heterocycles. The zero-order valence-electron chi connectivity index (χ0n) is 13.2. The molecule has 120 valence electrons. The van der Waals surface area contributed by atoms with Crippen molar-refractivity contribution in [3.05, 3.63) is 29.1 Å². The molecule has 0 amide bonds. The van der Waals surface area contributed by atoms with Crippen molar-refractivity contribution in [3.8, 4) is 0 Å². The van der Waals surface area contributed by atoms with E-state index in [1.54, 1.807) is 0 Å². The summed E-state index contributed by atoms with van der Waals surface area (Å²) in [4.78, 5) is 16.0. The zero-order chi connectivity index (χ0) is 15.6. The van der Waals surface area contributed by atoms with E-state index in [-0.39, 0.29) is 0 Å². The number of aromatic carboxylic acids is 1. The summed E-state index contributed by atoms with van der Waals surface area (Å²) in [6.07, 6.45) is 13.2. The normalized spacial score (nSPS) is 36.3. The molecule has 0 radical (unpaired) electrons. The highest BCUT2D eigenvalue weighted by atomic mass is 16.4. The maximum atomic E-state index is 11.7. The number of rotatable bonds is 3. The molecular formula is C19H22N2O2. The Bertz CT molecular complexity index is 682. The molecule has 6 rings (SSSR count). The SMILES string of the molecule is O=C(O)c1cnc2c(c1NC1C3CC4CC(C3)CC1C4)C=CC2. The second kappa shape index (κ2) is 4.83. The lowest BCUT2D eigenvalue weighted by atomic mass is 9.54. The third-order valence-corrected chi connectivity index (χ3v) is 6.56. The Labute approximate surface area is 136 Å². The van der Waals surface area contributed by atoms with Crippen molar-refractivity contribution >= 4 is 17.7 Å². The third kappa shape index (κ3) is 2.03. The van der Waals surface area contributed by atoms with E-state index in [2.05, 4.69) is 16.4 Å². The van der Waals surface area contributed by atoms with Gasteiger partial charge in [0.15, 0.2) is 0 Å². The predicted molar refractivity (Wildman–Crippen MR) is 88.4 cm³/mol. The molecule has 1 aromatic heterocycles. The highest BCUT2D eigenvalue weighted by Crippen LogP contribution is 2.54. The van der Waals surface area contributed by atoms with E-state index in [1.165, 1.54) is 38.3 Å². The second-order valence-corrected chi connectivity index (χ2v) is 7.92. The minimum Gasteiger partial charge on any atom is -0.478 e. The summed E-state index contributed by atoms with van der Waals surface area (Å²) in [5, 5.41) is 13.3. The lowest BCUT2D eigenvalue weighted by molar-refractivity contribution is 0.00748. The van der Waals surface area contributed by atoms with Crippen LogP contribution < -0.4 is 5.32 Å². The maximum Gasteiger partial charge on any atom is 0.339 e. The smallest absolute Gasteiger partial charge is 0.339 e. The van der Waals surface area contributed by atoms with Gasteiger partial charge in [-0.2, -0.15) is 0 Å². The van der Waals surface area contributed by atoms with E-state index in [9.17, 15) is 9.90 Å². The molecule has 4 heteroatoms. The number of carboxylic acid groups (broad SMARTS) is 1. The Hall–Kier alpha value is -1.84. The number of nitrogens with one attached hydrogen (secondary N) is 1. The lowest BCUT2D eigenvalue weighted by Crippen LogP contribution is -2.51. The molecule has 5 aliphatic carbocycles. The number of nitrogens with zero attached hydrogens (tertiary/aromatic N) is 1. The monoisotopic (exact) mass is 310 g/mol. The molecule has 5 aliphatic rings. The maximum absolute atomic E-state index is 11.7. The van der Waals surface area contributed by atoms with Crippen LogP contribution in [0.25, 0.3) is 6.08 Å². The molecule has 23 heavy (non-hydrogen) atoms. The van der Waals surface area contributed by atoms with Crippen LogP contribution in [0.5, 0.6) is 0 Å². The van der Waals surface area contributed by atoms with Gasteiger partial charge >= 0.3 is 5.97 Å². The summed E-state index contributed by atoms with van der Waals surface area (Å²) >= 11 is 0. The van der Waals surface area contributed by atoms with E-state index >= 15 is 0 Å². The van der Waals surface area contributed by atoms with E-state index in [0.29, 0.717) is 11.6 Å². The molecule has 0 saturated heterocycles. The fourth-order valence-electron chi connectivity index (χ4n) is 5.84. The lowest BCUT2D eigenvalue weighted by Gasteiger charge is -2.54. The van der Waals surface area contributed by atoms with E-state index in [1.807, 2.05) is 6.08 Å². The number of hydrogen-bond acceptors (Lipinski definition) is 3. The first kappa shape index (κ1) is 13.6. The van der Waals surface area contributed by atoms with Gasteiger partial charge in [-0.1, -0.05) is 12.2 Å². The first-order valence-electron chi connectivity index (χ1n) is 8.87. The Morgan fingerprint density at radius 3 is 2.48 bits per heavy atom. The van der Waals surface area contributed by atoms with Crippen molar-refractivity contribution in [2.75, 3.05) is 5.32 Å². The highest BCUT2D eigenvalue weighted by Gasteiger charge is 2.48. The van der Waals surface area contributed by atoms with Gasteiger partial charge in [0.25, 0.3) is 0 Å². The predicted octanol–water partition coefficient (Wildman–Crippen LogP) is 3.59. The largest absolute Gasteiger partial charge is 0.478 e. The van der Waals surface area contributed by atoms with Crippen LogP contribution >= 0.6 is 0 Å². The fraction of sp³-hybridized carbons (Fsp3) is 0.579. The van der Waals surface area contributed by atoms with Crippen molar-refractivity contribution in [1.29, 1.82) is 0 Å². The van der Waals surface area contributed by atoms with Gasteiger partial charge < -0.3 is 10.4 Å². The molecule has 0 aliphatic heterocycles. The fourth-order valence-corrected chi connectivity index (χ4v) is 5.84. The summed E-state index contributed by atoms with van der Waals surface area (Å²) in [6.45, 7) is 0. The van der Waals surface area contributed by atoms with Crippen LogP contribution in [0.3, 0.4) is 0 Å². The number of carbonyl (C=O) groups is 1. The molecule has 0 unspecified atom stereocenters. The summed E-state index contributed by atoms with van der Waals surface area (Å²) in [5.74, 6) is 2.42. The number of carboxylic acids is 1. The number of pyridine rings is 1. The quantitative estimate of drug-likeness (QED) is 0.895. The van der Waals surface area contributed by atoms with Crippen molar-refractivity contribution in [2.45, 2.75) is 44.6 Å². The third-order valence-electron chi connectivity index (χ3n) is 6.56. The molecule has 4 nitrogen and oxygen atoms in total. The van der Waals surface area contributed by atoms with Gasteiger partial charge in [0, 0.05) is 24.2 Å². The second-order valence-electron chi connectivity index (χ2n) is 7.92. The Morgan fingerprint density at radius 2 is 1.83 bits per heavy atom. The van der Waals surface area contributed by atoms with E-state index in [0.717, 1.165) is 47.0 Å². The van der Waals surface area contributed by atoms with Gasteiger partial charge in [-0.15, -0.1) is 0 Å². The van der Waals surface area contributed by atoms with E-state index < -0.39 is 5.97 Å². The van der Waals surface area contributed by atoms with Crippen LogP contribution in [0, 0.1) is 23.7 Å². The Balaban J connectivity index is 1.52. The first-order valence-corrected chi connectivity index (χ1v) is 8.87. The number of anilines is 1. The summed E-state index contributed by atoms with van der Waals surface area (Å²) < 4.78 is 0. The van der Waals surface area contributed by atoms with Crippen molar-refractivity contribution in [3.63, 3.8) is 0 Å².